The summed E-state index contributed by atoms with van der Waals surface area (Å²) in [6.45, 7) is 0. The Balaban J connectivity index is 2.05. The third-order valence-corrected chi connectivity index (χ3v) is 6.19. The molecule has 0 atom stereocenters. The van der Waals surface area contributed by atoms with Gasteiger partial charge in [-0.3, -0.25) is 0 Å². The van der Waals surface area contributed by atoms with Gasteiger partial charge in [-0.2, -0.15) is 0 Å². The van der Waals surface area contributed by atoms with Gasteiger partial charge in [0, 0.05) is 0 Å². The maximum atomic E-state index is 13.1. The zero-order chi connectivity index (χ0) is 15.0. The molecule has 108 valence electrons. The predicted molar refractivity (Wildman–Crippen MR) is 81.4 cm³/mol. The van der Waals surface area contributed by atoms with E-state index >= 15 is 0 Å². The van der Waals surface area contributed by atoms with Crippen LogP contribution in [0, 0.1) is 5.82 Å². The molecule has 0 radical (unpaired) electrons. The SMILES string of the molecule is O=S(=O)(Nc1cccc2n[se]nc12)c1ccc(F)cc1Br. The number of sulfonamides is 1. The van der Waals surface area contributed by atoms with Gasteiger partial charge in [0.1, 0.15) is 0 Å². The Bertz CT molecular complexity index is 929. The molecule has 0 unspecified atom stereocenters. The molecule has 1 aromatic heterocycles. The topological polar surface area (TPSA) is 72.0 Å². The van der Waals surface area contributed by atoms with E-state index in [0.29, 0.717) is 16.7 Å². The van der Waals surface area contributed by atoms with Gasteiger partial charge in [0.15, 0.2) is 0 Å². The molecule has 9 heteroatoms. The Kier molecular flexibility index (Phi) is 3.83. The second-order valence-corrected chi connectivity index (χ2v) is 7.73. The molecule has 0 spiro atoms. The molecule has 0 saturated carbocycles. The van der Waals surface area contributed by atoms with Crippen LogP contribution in [0.3, 0.4) is 0 Å². The molecule has 1 heterocycles. The molecule has 0 bridgehead atoms. The molecule has 0 saturated heterocycles. The van der Waals surface area contributed by atoms with Gasteiger partial charge < -0.3 is 0 Å². The van der Waals surface area contributed by atoms with Crippen molar-refractivity contribution in [2.24, 2.45) is 0 Å². The number of aromatic nitrogens is 2. The maximum absolute atomic E-state index is 13.1. The van der Waals surface area contributed by atoms with Crippen LogP contribution in [-0.4, -0.2) is 31.3 Å². The molecule has 3 rings (SSSR count). The van der Waals surface area contributed by atoms with Gasteiger partial charge in [-0.05, 0) is 0 Å². The number of rotatable bonds is 3. The molecule has 0 fully saturated rings. The molecule has 21 heavy (non-hydrogen) atoms. The fourth-order valence-electron chi connectivity index (χ4n) is 1.78. The van der Waals surface area contributed by atoms with Crippen molar-refractivity contribution in [2.75, 3.05) is 4.72 Å². The van der Waals surface area contributed by atoms with E-state index in [4.69, 9.17) is 0 Å². The van der Waals surface area contributed by atoms with Gasteiger partial charge in [0.05, 0.1) is 0 Å². The van der Waals surface area contributed by atoms with Crippen LogP contribution in [0.15, 0.2) is 45.8 Å². The normalized spacial score (nSPS) is 11.7. The number of halogens is 2. The van der Waals surface area contributed by atoms with Gasteiger partial charge in [-0.25, -0.2) is 0 Å². The van der Waals surface area contributed by atoms with Crippen molar-refractivity contribution in [2.45, 2.75) is 4.90 Å². The van der Waals surface area contributed by atoms with E-state index in [1.165, 1.54) is 6.07 Å². The fraction of sp³-hybridized carbons (Fsp3) is 0. The Morgan fingerprint density at radius 3 is 2.76 bits per heavy atom. The molecule has 3 aromatic rings. The number of fused-ring (bicyclic) bond motifs is 1. The van der Waals surface area contributed by atoms with E-state index < -0.39 is 15.8 Å². The molecule has 5 nitrogen and oxygen atoms in total. The number of hydrogen-bond donors (Lipinski definition) is 1. The summed E-state index contributed by atoms with van der Waals surface area (Å²) in [4.78, 5) is -0.0399. The first-order chi connectivity index (χ1) is 9.97. The van der Waals surface area contributed by atoms with Gasteiger partial charge in [0.25, 0.3) is 0 Å². The number of benzene rings is 2. The summed E-state index contributed by atoms with van der Waals surface area (Å²) in [5.41, 5.74) is 1.58. The molecule has 0 amide bonds. The van der Waals surface area contributed by atoms with Crippen LogP contribution >= 0.6 is 15.9 Å². The fourth-order valence-corrected chi connectivity index (χ4v) is 5.05. The molecule has 2 aromatic carbocycles. The minimum atomic E-state index is -3.84. The molecule has 0 aliphatic carbocycles. The molecular weight excluding hydrogens is 428 g/mol. The first-order valence-electron chi connectivity index (χ1n) is 5.66. The van der Waals surface area contributed by atoms with Crippen molar-refractivity contribution in [1.82, 2.24) is 7.96 Å². The number of nitrogens with one attached hydrogen (secondary N) is 1. The van der Waals surface area contributed by atoms with E-state index in [2.05, 4.69) is 28.6 Å². The summed E-state index contributed by atoms with van der Waals surface area (Å²) < 4.78 is 48.9. The van der Waals surface area contributed by atoms with Crippen LogP contribution in [-0.2, 0) is 10.0 Å². The van der Waals surface area contributed by atoms with Gasteiger partial charge in [0.2, 0.25) is 0 Å². The first-order valence-corrected chi connectivity index (χ1v) is 9.47. The molecule has 0 aliphatic rings. The van der Waals surface area contributed by atoms with Crippen LogP contribution in [0.25, 0.3) is 11.0 Å². The molecule has 0 aliphatic heterocycles. The second kappa shape index (κ2) is 5.49. The molecule has 1 N–H and O–H groups in total. The van der Waals surface area contributed by atoms with Gasteiger partial charge in [-0.1, -0.05) is 0 Å². The van der Waals surface area contributed by atoms with Crippen LogP contribution in [0.4, 0.5) is 10.1 Å². The summed E-state index contributed by atoms with van der Waals surface area (Å²) in [6, 6.07) is 8.50. The van der Waals surface area contributed by atoms with E-state index in [1.807, 2.05) is 0 Å². The molecular formula is C12H7BrFN3O2SSe. The Hall–Kier alpha value is -1.28. The van der Waals surface area contributed by atoms with Crippen molar-refractivity contribution in [1.29, 1.82) is 0 Å². The van der Waals surface area contributed by atoms with Gasteiger partial charge >= 0.3 is 135 Å². The van der Waals surface area contributed by atoms with Crippen LogP contribution in [0.2, 0.25) is 0 Å². The van der Waals surface area contributed by atoms with E-state index in [-0.39, 0.29) is 24.3 Å². The number of anilines is 1. The van der Waals surface area contributed by atoms with Crippen LogP contribution in [0.5, 0.6) is 0 Å². The van der Waals surface area contributed by atoms with Crippen LogP contribution < -0.4 is 4.72 Å². The number of nitrogens with zero attached hydrogens (tertiary/aromatic N) is 2. The second-order valence-electron chi connectivity index (χ2n) is 4.12. The zero-order valence-electron chi connectivity index (χ0n) is 10.2. The van der Waals surface area contributed by atoms with E-state index in [9.17, 15) is 12.8 Å². The van der Waals surface area contributed by atoms with Crippen molar-refractivity contribution in [3.63, 3.8) is 0 Å². The summed E-state index contributed by atoms with van der Waals surface area (Å²) in [7, 11) is -3.84. The van der Waals surface area contributed by atoms with E-state index in [0.717, 1.165) is 12.1 Å². The van der Waals surface area contributed by atoms with E-state index in [1.54, 1.807) is 18.2 Å². The van der Waals surface area contributed by atoms with Crippen molar-refractivity contribution >= 4 is 57.6 Å². The van der Waals surface area contributed by atoms with Crippen LogP contribution in [0.1, 0.15) is 0 Å². The third-order valence-electron chi connectivity index (χ3n) is 2.71. The predicted octanol–water partition coefficient (Wildman–Crippen LogP) is 2.39. The Labute approximate surface area is 134 Å². The number of hydrogen-bond acceptors (Lipinski definition) is 4. The average molecular weight is 435 g/mol. The van der Waals surface area contributed by atoms with Crippen molar-refractivity contribution < 1.29 is 12.8 Å². The average Bonchev–Trinajstić information content (AvgIpc) is 2.87. The zero-order valence-corrected chi connectivity index (χ0v) is 14.4. The quantitative estimate of drug-likeness (QED) is 0.642. The standard InChI is InChI=1S/C12H7BrFN3O2SSe/c13-8-6-7(14)4-5-11(8)20(18,19)15-9-2-1-3-10-12(9)17-21-16-10/h1-6,15H. The summed E-state index contributed by atoms with van der Waals surface area (Å²) in [5, 5.41) is 0. The minimum absolute atomic E-state index is 0.0399. The monoisotopic (exact) mass is 435 g/mol. The summed E-state index contributed by atoms with van der Waals surface area (Å²) in [5.74, 6) is -0.516. The summed E-state index contributed by atoms with van der Waals surface area (Å²) in [6.07, 6.45) is 0. The first kappa shape index (κ1) is 14.6. The summed E-state index contributed by atoms with van der Waals surface area (Å²) >= 11 is 2.81. The van der Waals surface area contributed by atoms with Crippen molar-refractivity contribution in [3.8, 4) is 0 Å². The van der Waals surface area contributed by atoms with Crippen molar-refractivity contribution in [3.05, 3.63) is 46.7 Å². The Morgan fingerprint density at radius 2 is 2.00 bits per heavy atom. The Morgan fingerprint density at radius 1 is 1.19 bits per heavy atom. The van der Waals surface area contributed by atoms with Gasteiger partial charge in [-0.15, -0.1) is 0 Å². The third kappa shape index (κ3) is 2.87.